The van der Waals surface area contributed by atoms with Crippen LogP contribution in [0.3, 0.4) is 0 Å². The van der Waals surface area contributed by atoms with Crippen LogP contribution in [0.25, 0.3) is 0 Å². The summed E-state index contributed by atoms with van der Waals surface area (Å²) in [6.07, 6.45) is 8.25. The van der Waals surface area contributed by atoms with E-state index < -0.39 is 0 Å². The molecule has 4 unspecified atom stereocenters. The Morgan fingerprint density at radius 1 is 1.12 bits per heavy atom. The first kappa shape index (κ1) is 11.9. The molecule has 3 heterocycles. The van der Waals surface area contributed by atoms with Crippen LogP contribution in [0.1, 0.15) is 45.4 Å². The van der Waals surface area contributed by atoms with E-state index in [9.17, 15) is 0 Å². The Kier molecular flexibility index (Phi) is 3.42. The number of rotatable bonds is 3. The Labute approximate surface area is 105 Å². The van der Waals surface area contributed by atoms with E-state index in [-0.39, 0.29) is 0 Å². The Morgan fingerprint density at radius 3 is 2.53 bits per heavy atom. The highest BCUT2D eigenvalue weighted by Crippen LogP contribution is 2.29. The van der Waals surface area contributed by atoms with Crippen molar-refractivity contribution in [3.8, 4) is 0 Å². The van der Waals surface area contributed by atoms with Crippen molar-refractivity contribution in [3.05, 3.63) is 0 Å². The van der Waals surface area contributed by atoms with E-state index in [4.69, 9.17) is 0 Å². The second-order valence-electron chi connectivity index (χ2n) is 6.59. The van der Waals surface area contributed by atoms with Gasteiger partial charge in [0.1, 0.15) is 0 Å². The zero-order chi connectivity index (χ0) is 11.7. The van der Waals surface area contributed by atoms with E-state index in [0.717, 1.165) is 18.0 Å². The standard InChI is InChI=1S/C14H27N3/c1-14(6-8-17-14)9-12-5-4-11(10-16-12)13-3-2-7-15-13/h11-13,15-17H,2-10H2,1H3. The average molecular weight is 237 g/mol. The van der Waals surface area contributed by atoms with Crippen molar-refractivity contribution in [2.24, 2.45) is 5.92 Å². The molecule has 3 rings (SSSR count). The Balaban J connectivity index is 1.43. The summed E-state index contributed by atoms with van der Waals surface area (Å²) in [5, 5.41) is 11.0. The number of hydrogen-bond acceptors (Lipinski definition) is 3. The minimum atomic E-state index is 0.441. The molecule has 0 aromatic rings. The molecule has 0 aromatic carbocycles. The molecule has 0 bridgehead atoms. The predicted molar refractivity (Wildman–Crippen MR) is 71.2 cm³/mol. The summed E-state index contributed by atoms with van der Waals surface area (Å²) in [6.45, 7) is 6.08. The highest BCUT2D eigenvalue weighted by molar-refractivity contribution is 4.97. The molecule has 3 saturated heterocycles. The SMILES string of the molecule is CC1(CC2CCC(C3CCCN3)CN2)CCN1. The first-order valence-corrected chi connectivity index (χ1v) is 7.47. The van der Waals surface area contributed by atoms with E-state index >= 15 is 0 Å². The van der Waals surface area contributed by atoms with Gasteiger partial charge in [-0.2, -0.15) is 0 Å². The van der Waals surface area contributed by atoms with Gasteiger partial charge in [-0.1, -0.05) is 0 Å². The van der Waals surface area contributed by atoms with Crippen molar-refractivity contribution in [2.45, 2.75) is 63.1 Å². The Hall–Kier alpha value is -0.120. The Bertz CT molecular complexity index is 248. The van der Waals surface area contributed by atoms with Crippen LogP contribution in [0.2, 0.25) is 0 Å². The normalized spacial score (nSPS) is 46.8. The molecule has 0 aromatic heterocycles. The second-order valence-corrected chi connectivity index (χ2v) is 6.59. The van der Waals surface area contributed by atoms with Crippen LogP contribution in [0.15, 0.2) is 0 Å². The fraction of sp³-hybridized carbons (Fsp3) is 1.00. The van der Waals surface area contributed by atoms with Gasteiger partial charge in [-0.25, -0.2) is 0 Å². The van der Waals surface area contributed by atoms with Crippen molar-refractivity contribution in [3.63, 3.8) is 0 Å². The highest BCUT2D eigenvalue weighted by atomic mass is 15.1. The maximum absolute atomic E-state index is 3.79. The summed E-state index contributed by atoms with van der Waals surface area (Å²) in [7, 11) is 0. The van der Waals surface area contributed by atoms with Gasteiger partial charge in [0.15, 0.2) is 0 Å². The molecule has 3 heteroatoms. The molecule has 0 aliphatic carbocycles. The molecular formula is C14H27N3. The highest BCUT2D eigenvalue weighted by Gasteiger charge is 2.36. The van der Waals surface area contributed by atoms with Gasteiger partial charge in [0.2, 0.25) is 0 Å². The molecular weight excluding hydrogens is 210 g/mol. The minimum Gasteiger partial charge on any atom is -0.314 e. The van der Waals surface area contributed by atoms with E-state index in [1.165, 1.54) is 58.2 Å². The lowest BCUT2D eigenvalue weighted by Crippen LogP contribution is -2.58. The number of hydrogen-bond donors (Lipinski definition) is 3. The van der Waals surface area contributed by atoms with Crippen molar-refractivity contribution < 1.29 is 0 Å². The maximum atomic E-state index is 3.79. The number of nitrogens with one attached hydrogen (secondary N) is 3. The molecule has 3 fully saturated rings. The lowest BCUT2D eigenvalue weighted by atomic mass is 9.79. The van der Waals surface area contributed by atoms with Crippen LogP contribution in [0.4, 0.5) is 0 Å². The Morgan fingerprint density at radius 2 is 2.00 bits per heavy atom. The van der Waals surface area contributed by atoms with Crippen LogP contribution in [0, 0.1) is 5.92 Å². The fourth-order valence-electron chi connectivity index (χ4n) is 3.84. The summed E-state index contributed by atoms with van der Waals surface area (Å²) >= 11 is 0. The first-order valence-electron chi connectivity index (χ1n) is 7.47. The van der Waals surface area contributed by atoms with Gasteiger partial charge in [0.05, 0.1) is 0 Å². The van der Waals surface area contributed by atoms with Gasteiger partial charge < -0.3 is 16.0 Å². The van der Waals surface area contributed by atoms with E-state index in [2.05, 4.69) is 22.9 Å². The average Bonchev–Trinajstić information content (AvgIpc) is 2.81. The molecule has 3 nitrogen and oxygen atoms in total. The topological polar surface area (TPSA) is 36.1 Å². The quantitative estimate of drug-likeness (QED) is 0.691. The lowest BCUT2D eigenvalue weighted by molar-refractivity contribution is 0.163. The van der Waals surface area contributed by atoms with Gasteiger partial charge in [-0.3, -0.25) is 0 Å². The summed E-state index contributed by atoms with van der Waals surface area (Å²) in [5.41, 5.74) is 0.441. The first-order chi connectivity index (χ1) is 8.25. The van der Waals surface area contributed by atoms with Gasteiger partial charge in [-0.05, 0) is 71.0 Å². The number of piperidine rings is 1. The van der Waals surface area contributed by atoms with Crippen molar-refractivity contribution in [2.75, 3.05) is 19.6 Å². The maximum Gasteiger partial charge on any atom is 0.0180 e. The van der Waals surface area contributed by atoms with Gasteiger partial charge >= 0.3 is 0 Å². The van der Waals surface area contributed by atoms with Crippen LogP contribution in [0.5, 0.6) is 0 Å². The molecule has 4 atom stereocenters. The van der Waals surface area contributed by atoms with Crippen molar-refractivity contribution in [1.82, 2.24) is 16.0 Å². The lowest BCUT2D eigenvalue weighted by Gasteiger charge is -2.44. The third kappa shape index (κ3) is 2.67. The third-order valence-corrected chi connectivity index (χ3v) is 5.15. The molecule has 0 saturated carbocycles. The minimum absolute atomic E-state index is 0.441. The zero-order valence-corrected chi connectivity index (χ0v) is 11.1. The molecule has 0 radical (unpaired) electrons. The van der Waals surface area contributed by atoms with Gasteiger partial charge in [0.25, 0.3) is 0 Å². The van der Waals surface area contributed by atoms with Crippen molar-refractivity contribution >= 4 is 0 Å². The van der Waals surface area contributed by atoms with E-state index in [1.807, 2.05) is 0 Å². The van der Waals surface area contributed by atoms with Crippen LogP contribution in [-0.4, -0.2) is 37.3 Å². The second kappa shape index (κ2) is 4.87. The van der Waals surface area contributed by atoms with Crippen LogP contribution in [-0.2, 0) is 0 Å². The zero-order valence-electron chi connectivity index (χ0n) is 11.1. The smallest absolute Gasteiger partial charge is 0.0180 e. The molecule has 3 N–H and O–H groups in total. The summed E-state index contributed by atoms with van der Waals surface area (Å²) in [5.74, 6) is 0.885. The van der Waals surface area contributed by atoms with E-state index in [0.29, 0.717) is 5.54 Å². The molecule has 3 aliphatic heterocycles. The third-order valence-electron chi connectivity index (χ3n) is 5.15. The van der Waals surface area contributed by atoms with Gasteiger partial charge in [-0.15, -0.1) is 0 Å². The van der Waals surface area contributed by atoms with Gasteiger partial charge in [0, 0.05) is 17.6 Å². The summed E-state index contributed by atoms with van der Waals surface area (Å²) in [6, 6.07) is 1.56. The molecule has 98 valence electrons. The van der Waals surface area contributed by atoms with Crippen LogP contribution < -0.4 is 16.0 Å². The predicted octanol–water partition coefficient (Wildman–Crippen LogP) is 1.25. The fourth-order valence-corrected chi connectivity index (χ4v) is 3.84. The largest absolute Gasteiger partial charge is 0.314 e. The summed E-state index contributed by atoms with van der Waals surface area (Å²) < 4.78 is 0. The summed E-state index contributed by atoms with van der Waals surface area (Å²) in [4.78, 5) is 0. The molecule has 17 heavy (non-hydrogen) atoms. The molecule has 0 amide bonds. The van der Waals surface area contributed by atoms with Crippen molar-refractivity contribution in [1.29, 1.82) is 0 Å². The van der Waals surface area contributed by atoms with Crippen LogP contribution >= 0.6 is 0 Å². The molecule has 0 spiro atoms. The molecule has 3 aliphatic rings. The monoisotopic (exact) mass is 237 g/mol. The van der Waals surface area contributed by atoms with E-state index in [1.54, 1.807) is 0 Å².